The van der Waals surface area contributed by atoms with Crippen LogP contribution in [0.5, 0.6) is 0 Å². The zero-order valence-corrected chi connectivity index (χ0v) is 67.0. The number of hydrogen-bond donors (Lipinski definition) is 0. The number of esters is 2. The first kappa shape index (κ1) is 70.8. The van der Waals surface area contributed by atoms with Crippen LogP contribution in [0.4, 0.5) is 8.78 Å². The lowest BCUT2D eigenvalue weighted by molar-refractivity contribution is -0.137. The van der Waals surface area contributed by atoms with Crippen molar-refractivity contribution < 1.29 is 32.6 Å². The first-order valence-corrected chi connectivity index (χ1v) is 44.0. The van der Waals surface area contributed by atoms with Gasteiger partial charge in [0.25, 0.3) is 0 Å². The number of fused-ring (bicyclic) bond motifs is 6. The Hall–Kier alpha value is -8.17. The molecule has 5 nitrogen and oxygen atoms in total. The number of benzene rings is 5. The van der Waals surface area contributed by atoms with Gasteiger partial charge in [0.2, 0.25) is 0 Å². The minimum Gasteiger partial charge on any atom is -0.463 e. The number of aryl methyl sites for hydroxylation is 2. The van der Waals surface area contributed by atoms with E-state index in [2.05, 4.69) is 138 Å². The molecule has 0 unspecified atom stereocenters. The Labute approximate surface area is 653 Å². The van der Waals surface area contributed by atoms with E-state index < -0.39 is 23.6 Å². The van der Waals surface area contributed by atoms with Crippen LogP contribution in [0, 0.1) is 25.5 Å². The van der Waals surface area contributed by atoms with Crippen molar-refractivity contribution in [3.63, 3.8) is 0 Å². The van der Waals surface area contributed by atoms with Crippen molar-refractivity contribution in [3.05, 3.63) is 229 Å². The smallest absolute Gasteiger partial charge is 0.351 e. The zero-order chi connectivity index (χ0) is 72.4. The summed E-state index contributed by atoms with van der Waals surface area (Å²) in [7, 11) is 0. The minimum absolute atomic E-state index is 0.0462. The molecule has 0 atom stereocenters. The quantitative estimate of drug-likeness (QED) is 0.0247. The van der Waals surface area contributed by atoms with Crippen molar-refractivity contribution in [2.45, 2.75) is 105 Å². The van der Waals surface area contributed by atoms with Crippen LogP contribution in [0.25, 0.3) is 149 Å². The van der Waals surface area contributed by atoms with Crippen molar-refractivity contribution in [2.75, 3.05) is 13.2 Å². The molecule has 0 spiro atoms. The Bertz CT molecular complexity index is 5970. The molecule has 0 aliphatic heterocycles. The number of carbonyl (C=O) groups excluding carboxylic acids is 3. The number of unbranched alkanes of at least 4 members (excludes halogenated alkanes) is 6. The molecular formula is C89H70F2O5S10. The van der Waals surface area contributed by atoms with Crippen LogP contribution in [0.2, 0.25) is 0 Å². The van der Waals surface area contributed by atoms with Gasteiger partial charge in [-0.15, -0.1) is 113 Å². The van der Waals surface area contributed by atoms with E-state index in [9.17, 15) is 14.4 Å². The second-order valence-corrected chi connectivity index (χ2v) is 38.2. The van der Waals surface area contributed by atoms with Crippen molar-refractivity contribution in [2.24, 2.45) is 0 Å². The Balaban J connectivity index is 0.790. The fourth-order valence-electron chi connectivity index (χ4n) is 14.7. The summed E-state index contributed by atoms with van der Waals surface area (Å²) in [5.74, 6) is -2.21. The summed E-state index contributed by atoms with van der Waals surface area (Å²) in [6, 6.07) is 48.6. The number of ketones is 1. The lowest BCUT2D eigenvalue weighted by Gasteiger charge is -2.14. The number of hydrogen-bond acceptors (Lipinski definition) is 15. The van der Waals surface area contributed by atoms with Crippen LogP contribution in [-0.2, 0) is 14.3 Å². The maximum atomic E-state index is 18.4. The SMILES string of the molecule is CCCCCCC(=O)c1sc2c(-c3cc4c(-c5ccc(C)s5)c5sc(-c6ccccc6)cc5c(-c5ccc(C)s5)c4s3)sc(-c3cc4c(C5=CC=C(C)C5)c5sc(-c6sc(-c7ccccc7)c7c(F)c(C(=O)OCCCCCCOC(=O)/C=C/c8ccccc8)sc67)cc5c(C5=CC=C(C)C5)c4s3)c2c1F. The molecule has 17 rings (SSSR count). The molecule has 10 heterocycles. The maximum Gasteiger partial charge on any atom is 0.351 e. The summed E-state index contributed by atoms with van der Waals surface area (Å²) in [5, 5.41) is 5.53. The van der Waals surface area contributed by atoms with Gasteiger partial charge in [-0.2, -0.15) is 0 Å². The van der Waals surface area contributed by atoms with Gasteiger partial charge in [-0.25, -0.2) is 18.4 Å². The van der Waals surface area contributed by atoms with Crippen LogP contribution < -0.4 is 0 Å². The number of Topliss-reactive ketones (excluding diaryl/α,β-unsaturated/α-hetero) is 1. The molecule has 17 heteroatoms. The third-order valence-electron chi connectivity index (χ3n) is 19.8. The van der Waals surface area contributed by atoms with Gasteiger partial charge in [0.05, 0.1) is 37.2 Å². The molecule has 530 valence electrons. The largest absolute Gasteiger partial charge is 0.463 e. The molecule has 0 bridgehead atoms. The highest BCUT2D eigenvalue weighted by molar-refractivity contribution is 7.36. The Morgan fingerprint density at radius 3 is 1.42 bits per heavy atom. The fourth-order valence-corrected chi connectivity index (χ4v) is 27.3. The predicted octanol–water partition coefficient (Wildman–Crippen LogP) is 30.4. The Morgan fingerprint density at radius 2 is 0.877 bits per heavy atom. The predicted molar refractivity (Wildman–Crippen MR) is 459 cm³/mol. The minimum atomic E-state index is -0.683. The first-order valence-electron chi connectivity index (χ1n) is 35.9. The van der Waals surface area contributed by atoms with Gasteiger partial charge in [0.15, 0.2) is 17.4 Å². The lowest BCUT2D eigenvalue weighted by atomic mass is 9.91. The summed E-state index contributed by atoms with van der Waals surface area (Å²) >= 11 is 16.4. The van der Waals surface area contributed by atoms with Crippen LogP contribution in [0.15, 0.2) is 181 Å². The highest BCUT2D eigenvalue weighted by Gasteiger charge is 2.34. The summed E-state index contributed by atoms with van der Waals surface area (Å²) in [6.07, 6.45) is 20.4. The topological polar surface area (TPSA) is 69.7 Å². The molecule has 5 aromatic carbocycles. The molecule has 0 fully saturated rings. The second-order valence-electron chi connectivity index (χ2n) is 27.3. The monoisotopic (exact) mass is 1580 g/mol. The van der Waals surface area contributed by atoms with E-state index in [4.69, 9.17) is 9.47 Å². The van der Waals surface area contributed by atoms with Gasteiger partial charge in [0, 0.05) is 130 Å². The average molecular weight is 1580 g/mol. The highest BCUT2D eigenvalue weighted by atomic mass is 32.1. The average Bonchev–Trinajstić information content (AvgIpc) is 1.74. The molecule has 2 aliphatic carbocycles. The highest BCUT2D eigenvalue weighted by Crippen LogP contribution is 2.61. The third-order valence-corrected chi connectivity index (χ3v) is 32.1. The van der Waals surface area contributed by atoms with Gasteiger partial charge in [0.1, 0.15) is 9.75 Å². The van der Waals surface area contributed by atoms with E-state index in [1.165, 1.54) is 101 Å². The maximum absolute atomic E-state index is 18.4. The van der Waals surface area contributed by atoms with Crippen LogP contribution in [-0.4, -0.2) is 30.9 Å². The summed E-state index contributed by atoms with van der Waals surface area (Å²) in [4.78, 5) is 53.8. The third kappa shape index (κ3) is 13.4. The number of halogens is 2. The Morgan fingerprint density at radius 1 is 0.415 bits per heavy atom. The van der Waals surface area contributed by atoms with Gasteiger partial charge >= 0.3 is 11.9 Å². The molecule has 0 saturated heterocycles. The van der Waals surface area contributed by atoms with Gasteiger partial charge in [-0.05, 0) is 155 Å². The van der Waals surface area contributed by atoms with Crippen molar-refractivity contribution in [1.82, 2.24) is 0 Å². The molecule has 0 saturated carbocycles. The van der Waals surface area contributed by atoms with E-state index in [1.54, 1.807) is 62.8 Å². The molecule has 0 radical (unpaired) electrons. The van der Waals surface area contributed by atoms with Gasteiger partial charge < -0.3 is 9.47 Å². The van der Waals surface area contributed by atoms with Gasteiger partial charge in [-0.3, -0.25) is 4.79 Å². The molecular weight excluding hydrogens is 1510 g/mol. The van der Waals surface area contributed by atoms with E-state index in [1.807, 2.05) is 94.7 Å². The molecule has 0 N–H and O–H groups in total. The number of thiophene rings is 10. The summed E-state index contributed by atoms with van der Waals surface area (Å²) in [6.45, 7) is 11.3. The standard InChI is InChI=1S/C89H70F2O5S10/c1-6-7-8-20-29-61(92)82-75(90)74-83(105-85(87(74)104-82)67-47-60-72(63-38-33-51(5)98-63)80-59(44-64(99-80)53-25-16-12-17-26-53)71(81(60)102-67)62-37-32-50(4)97-62)65-45-57-69(55-35-30-48(2)42-55)79-58(70(78(57)100-65)56-36-31-49(3)43-56)46-66(101-79)84-86-73(77(103-84)54-27-18-13-19-28-54)76(91)88(106-86)89(94)96-41-22-10-9-21-40-95-68(93)39-34-52-23-14-11-15-24-52/h11-19,23-28,30-39,44-47H,6-10,20-22,29,40-43H2,1-5H3/b39-34+. The normalized spacial score (nSPS) is 13.3. The van der Waals surface area contributed by atoms with E-state index in [0.717, 1.165) is 138 Å². The van der Waals surface area contributed by atoms with Gasteiger partial charge in [-0.1, -0.05) is 153 Å². The number of rotatable bonds is 25. The fraction of sp³-hybridized carbons (Fsp3) is 0.202. The first-order chi connectivity index (χ1) is 51.7. The second kappa shape index (κ2) is 30.1. The van der Waals surface area contributed by atoms with E-state index in [0.29, 0.717) is 41.2 Å². The van der Waals surface area contributed by atoms with E-state index >= 15 is 8.78 Å². The lowest BCUT2D eigenvalue weighted by Crippen LogP contribution is -2.06. The number of ether oxygens (including phenoxy) is 2. The Kier molecular flexibility index (Phi) is 20.1. The molecule has 10 aromatic heterocycles. The van der Waals surface area contributed by atoms with Crippen LogP contribution >= 0.6 is 113 Å². The van der Waals surface area contributed by atoms with Crippen LogP contribution in [0.1, 0.15) is 137 Å². The molecule has 0 amide bonds. The summed E-state index contributed by atoms with van der Waals surface area (Å²) < 4.78 is 53.4. The summed E-state index contributed by atoms with van der Waals surface area (Å²) in [5.41, 5.74) is 12.6. The van der Waals surface area contributed by atoms with Crippen molar-refractivity contribution in [1.29, 1.82) is 0 Å². The number of allylic oxidation sites excluding steroid dienone is 8. The van der Waals surface area contributed by atoms with Crippen LogP contribution in [0.3, 0.4) is 0 Å². The molecule has 106 heavy (non-hydrogen) atoms. The van der Waals surface area contributed by atoms with Crippen molar-refractivity contribution in [3.8, 4) is 71.0 Å². The number of carbonyl (C=O) groups is 3. The van der Waals surface area contributed by atoms with Crippen molar-refractivity contribution >= 4 is 209 Å². The zero-order valence-electron chi connectivity index (χ0n) is 58.8. The van der Waals surface area contributed by atoms with E-state index in [-0.39, 0.29) is 28.8 Å². The molecule has 2 aliphatic rings. The molecule has 15 aromatic rings.